The molecule has 0 aromatic heterocycles. The molecule has 2 unspecified atom stereocenters. The number of aliphatic hydroxyl groups excluding tert-OH is 1. The number of halogens is 3. The molecule has 0 saturated carbocycles. The standard InChI is InChI=1S/C5H10F3NO/c1-2-3(10)4(9)5(6,7)8/h3-4,10H,2,9H2,1H3. The van der Waals surface area contributed by atoms with Gasteiger partial charge in [0.25, 0.3) is 0 Å². The van der Waals surface area contributed by atoms with Gasteiger partial charge < -0.3 is 10.8 Å². The molecule has 62 valence electrons. The summed E-state index contributed by atoms with van der Waals surface area (Å²) in [6, 6.07) is -2.11. The largest absolute Gasteiger partial charge is 0.406 e. The quantitative estimate of drug-likeness (QED) is 0.618. The van der Waals surface area contributed by atoms with E-state index in [0.717, 1.165) is 0 Å². The van der Waals surface area contributed by atoms with Crippen LogP contribution < -0.4 is 5.73 Å². The van der Waals surface area contributed by atoms with Gasteiger partial charge in [0, 0.05) is 0 Å². The fourth-order valence-corrected chi connectivity index (χ4v) is 0.472. The lowest BCUT2D eigenvalue weighted by molar-refractivity contribution is -0.168. The van der Waals surface area contributed by atoms with Gasteiger partial charge in [-0.1, -0.05) is 6.92 Å². The highest BCUT2D eigenvalue weighted by atomic mass is 19.4. The van der Waals surface area contributed by atoms with Crippen LogP contribution in [0.4, 0.5) is 13.2 Å². The van der Waals surface area contributed by atoms with Crippen LogP contribution in [0, 0.1) is 0 Å². The molecule has 0 aromatic carbocycles. The van der Waals surface area contributed by atoms with Crippen molar-refractivity contribution >= 4 is 0 Å². The molecule has 0 aromatic rings. The van der Waals surface area contributed by atoms with Gasteiger partial charge in [-0.05, 0) is 6.42 Å². The Bertz CT molecular complexity index is 104. The predicted molar refractivity (Wildman–Crippen MR) is 30.3 cm³/mol. The number of rotatable bonds is 2. The summed E-state index contributed by atoms with van der Waals surface area (Å²) >= 11 is 0. The van der Waals surface area contributed by atoms with Crippen LogP contribution in [0.1, 0.15) is 13.3 Å². The van der Waals surface area contributed by atoms with Crippen molar-refractivity contribution in [3.63, 3.8) is 0 Å². The number of hydrogen-bond acceptors (Lipinski definition) is 2. The average Bonchev–Trinajstić information content (AvgIpc) is 1.83. The molecule has 3 N–H and O–H groups in total. The molecular formula is C5H10F3NO. The van der Waals surface area contributed by atoms with Crippen LogP contribution in [-0.4, -0.2) is 23.4 Å². The van der Waals surface area contributed by atoms with Gasteiger partial charge >= 0.3 is 6.18 Å². The van der Waals surface area contributed by atoms with E-state index in [4.69, 9.17) is 5.11 Å². The number of nitrogens with two attached hydrogens (primary N) is 1. The second-order valence-corrected chi connectivity index (χ2v) is 2.04. The minimum atomic E-state index is -4.49. The Kier molecular flexibility index (Phi) is 3.11. The maximum atomic E-state index is 11.6. The Labute approximate surface area is 56.8 Å². The van der Waals surface area contributed by atoms with E-state index >= 15 is 0 Å². The molecule has 0 radical (unpaired) electrons. The first-order valence-electron chi connectivity index (χ1n) is 2.90. The van der Waals surface area contributed by atoms with E-state index in [1.54, 1.807) is 0 Å². The lowest BCUT2D eigenvalue weighted by Crippen LogP contribution is -2.46. The van der Waals surface area contributed by atoms with Gasteiger partial charge in [0.15, 0.2) is 0 Å². The molecule has 2 atom stereocenters. The number of alkyl halides is 3. The van der Waals surface area contributed by atoms with Crippen molar-refractivity contribution in [3.8, 4) is 0 Å². The molecule has 0 bridgehead atoms. The first-order valence-corrected chi connectivity index (χ1v) is 2.90. The summed E-state index contributed by atoms with van der Waals surface area (Å²) in [6.45, 7) is 1.44. The van der Waals surface area contributed by atoms with E-state index in [2.05, 4.69) is 5.73 Å². The first-order chi connectivity index (χ1) is 4.39. The minimum Gasteiger partial charge on any atom is -0.391 e. The summed E-state index contributed by atoms with van der Waals surface area (Å²) in [4.78, 5) is 0. The molecule has 0 spiro atoms. The maximum Gasteiger partial charge on any atom is 0.406 e. The Morgan fingerprint density at radius 1 is 1.50 bits per heavy atom. The van der Waals surface area contributed by atoms with E-state index in [1.165, 1.54) is 6.92 Å². The van der Waals surface area contributed by atoms with Gasteiger partial charge in [-0.25, -0.2) is 0 Å². The first kappa shape index (κ1) is 9.71. The lowest BCUT2D eigenvalue weighted by Gasteiger charge is -2.19. The highest BCUT2D eigenvalue weighted by molar-refractivity contribution is 4.77. The smallest absolute Gasteiger partial charge is 0.391 e. The van der Waals surface area contributed by atoms with E-state index in [1.807, 2.05) is 0 Å². The third-order valence-electron chi connectivity index (χ3n) is 1.21. The third-order valence-corrected chi connectivity index (χ3v) is 1.21. The fraction of sp³-hybridized carbons (Fsp3) is 1.00. The van der Waals surface area contributed by atoms with E-state index in [0.29, 0.717) is 0 Å². The van der Waals surface area contributed by atoms with Gasteiger partial charge in [0.1, 0.15) is 6.04 Å². The van der Waals surface area contributed by atoms with Gasteiger partial charge in [-0.2, -0.15) is 13.2 Å². The van der Waals surface area contributed by atoms with Crippen molar-refractivity contribution in [1.82, 2.24) is 0 Å². The zero-order valence-electron chi connectivity index (χ0n) is 5.52. The minimum absolute atomic E-state index is 0.0146. The second kappa shape index (κ2) is 3.21. The van der Waals surface area contributed by atoms with Crippen LogP contribution >= 0.6 is 0 Å². The molecule has 0 heterocycles. The molecule has 0 aliphatic rings. The Morgan fingerprint density at radius 3 is 2.00 bits per heavy atom. The van der Waals surface area contributed by atoms with Crippen molar-refractivity contribution in [2.75, 3.05) is 0 Å². The fourth-order valence-electron chi connectivity index (χ4n) is 0.472. The summed E-state index contributed by atoms with van der Waals surface area (Å²) in [5.41, 5.74) is 4.63. The summed E-state index contributed by atoms with van der Waals surface area (Å²) in [5.74, 6) is 0. The molecule has 0 rings (SSSR count). The van der Waals surface area contributed by atoms with Crippen LogP contribution in [0.5, 0.6) is 0 Å². The van der Waals surface area contributed by atoms with Crippen LogP contribution in [0.2, 0.25) is 0 Å². The molecule has 0 amide bonds. The summed E-state index contributed by atoms with van der Waals surface area (Å²) in [5, 5.41) is 8.62. The van der Waals surface area contributed by atoms with Gasteiger partial charge in [0.2, 0.25) is 0 Å². The normalized spacial score (nSPS) is 18.6. The van der Waals surface area contributed by atoms with Crippen molar-refractivity contribution in [2.45, 2.75) is 31.7 Å². The molecule has 0 aliphatic heterocycles. The molecule has 2 nitrogen and oxygen atoms in total. The third kappa shape index (κ3) is 2.53. The number of hydrogen-bond donors (Lipinski definition) is 2. The van der Waals surface area contributed by atoms with Gasteiger partial charge in [-0.15, -0.1) is 0 Å². The van der Waals surface area contributed by atoms with Crippen molar-refractivity contribution in [1.29, 1.82) is 0 Å². The Balaban J connectivity index is 3.94. The molecule has 10 heavy (non-hydrogen) atoms. The van der Waals surface area contributed by atoms with Crippen LogP contribution in [0.25, 0.3) is 0 Å². The van der Waals surface area contributed by atoms with Crippen molar-refractivity contribution in [3.05, 3.63) is 0 Å². The topological polar surface area (TPSA) is 46.2 Å². The maximum absolute atomic E-state index is 11.6. The molecule has 0 saturated heterocycles. The monoisotopic (exact) mass is 157 g/mol. The Morgan fingerprint density at radius 2 is 1.90 bits per heavy atom. The van der Waals surface area contributed by atoms with Crippen LogP contribution in [-0.2, 0) is 0 Å². The van der Waals surface area contributed by atoms with Crippen LogP contribution in [0.3, 0.4) is 0 Å². The van der Waals surface area contributed by atoms with Crippen molar-refractivity contribution in [2.24, 2.45) is 5.73 Å². The molecule has 0 fully saturated rings. The van der Waals surface area contributed by atoms with Crippen LogP contribution in [0.15, 0.2) is 0 Å². The second-order valence-electron chi connectivity index (χ2n) is 2.04. The van der Waals surface area contributed by atoms with E-state index in [9.17, 15) is 13.2 Å². The zero-order chi connectivity index (χ0) is 8.36. The van der Waals surface area contributed by atoms with Gasteiger partial charge in [0.05, 0.1) is 6.10 Å². The van der Waals surface area contributed by atoms with Crippen molar-refractivity contribution < 1.29 is 18.3 Å². The highest BCUT2D eigenvalue weighted by Gasteiger charge is 2.40. The lowest BCUT2D eigenvalue weighted by atomic mass is 10.1. The predicted octanol–water partition coefficient (Wildman–Crippen LogP) is 0.647. The van der Waals surface area contributed by atoms with E-state index in [-0.39, 0.29) is 6.42 Å². The molecule has 5 heteroatoms. The summed E-state index contributed by atoms with van der Waals surface area (Å²) in [7, 11) is 0. The average molecular weight is 157 g/mol. The number of aliphatic hydroxyl groups is 1. The molecule has 0 aliphatic carbocycles. The molecular weight excluding hydrogens is 147 g/mol. The zero-order valence-corrected chi connectivity index (χ0v) is 5.52. The van der Waals surface area contributed by atoms with Gasteiger partial charge in [-0.3, -0.25) is 0 Å². The summed E-state index contributed by atoms with van der Waals surface area (Å²) in [6.07, 6.45) is -5.96. The highest BCUT2D eigenvalue weighted by Crippen LogP contribution is 2.21. The SMILES string of the molecule is CCC(O)C(N)C(F)(F)F. The Hall–Kier alpha value is -0.290. The summed E-state index contributed by atoms with van der Waals surface area (Å²) < 4.78 is 34.8. The van der Waals surface area contributed by atoms with E-state index < -0.39 is 18.3 Å².